The van der Waals surface area contributed by atoms with Gasteiger partial charge in [-0.1, -0.05) is 6.07 Å². The Kier molecular flexibility index (Phi) is 7.07. The van der Waals surface area contributed by atoms with E-state index < -0.39 is 47.5 Å². The Morgan fingerprint density at radius 3 is 2.52 bits per heavy atom. The van der Waals surface area contributed by atoms with Crippen molar-refractivity contribution in [1.29, 1.82) is 0 Å². The summed E-state index contributed by atoms with van der Waals surface area (Å²) in [5.74, 6) is -0.735. The molecule has 0 unspecified atom stereocenters. The van der Waals surface area contributed by atoms with Gasteiger partial charge in [0.1, 0.15) is 47.6 Å². The standard InChI is InChI=1S/C31H25F4N5O4/c1-29(40-16-37-38-17-40)15-44-28-22(29)14-25(39-27(28)18-5-7-21(32)8-6-18)30(42,31(33,34)35)10-9-23(41)20-12-19-4-3-11-36-26(19)24(13-20)43-2/h3-8,11-14,16-17,42H,9-10,15H2,1-2H3/t29-,30-/m0/s1. The van der Waals surface area contributed by atoms with Gasteiger partial charge in [-0.25, -0.2) is 9.37 Å². The van der Waals surface area contributed by atoms with E-state index in [1.54, 1.807) is 29.8 Å². The summed E-state index contributed by atoms with van der Waals surface area (Å²) < 4.78 is 71.2. The van der Waals surface area contributed by atoms with Gasteiger partial charge in [0.15, 0.2) is 11.5 Å². The zero-order valence-electron chi connectivity index (χ0n) is 23.5. The average molecular weight is 608 g/mol. The minimum absolute atomic E-state index is 0.00128. The maximum absolute atomic E-state index is 14.8. The number of benzene rings is 2. The first-order valence-electron chi connectivity index (χ1n) is 13.5. The average Bonchev–Trinajstić information content (AvgIpc) is 3.68. The van der Waals surface area contributed by atoms with Crippen LogP contribution in [0.15, 0.2) is 73.4 Å². The summed E-state index contributed by atoms with van der Waals surface area (Å²) in [6.07, 6.45) is -2.57. The Bertz CT molecular complexity index is 1860. The van der Waals surface area contributed by atoms with E-state index >= 15 is 0 Å². The number of Topliss-reactive ketones (excluding diaryl/α,β-unsaturated/α-hetero) is 1. The fraction of sp³-hybridized carbons (Fsp3) is 0.258. The van der Waals surface area contributed by atoms with Crippen LogP contribution in [-0.2, 0) is 11.1 Å². The van der Waals surface area contributed by atoms with Gasteiger partial charge >= 0.3 is 6.18 Å². The van der Waals surface area contributed by atoms with Crippen LogP contribution in [0.25, 0.3) is 22.2 Å². The second kappa shape index (κ2) is 10.7. The molecule has 5 aromatic rings. The van der Waals surface area contributed by atoms with Crippen molar-refractivity contribution in [2.75, 3.05) is 13.7 Å². The molecule has 226 valence electrons. The molecular formula is C31H25F4N5O4. The van der Waals surface area contributed by atoms with Crippen molar-refractivity contribution in [3.63, 3.8) is 0 Å². The number of halogens is 4. The lowest BCUT2D eigenvalue weighted by Gasteiger charge is -2.32. The molecule has 6 rings (SSSR count). The molecule has 1 aliphatic heterocycles. The number of carbonyl (C=O) groups excluding carboxylic acids is 1. The Morgan fingerprint density at radius 1 is 1.11 bits per heavy atom. The number of hydrogen-bond acceptors (Lipinski definition) is 8. The number of aromatic nitrogens is 5. The molecule has 0 saturated carbocycles. The number of nitrogens with zero attached hydrogens (tertiary/aromatic N) is 5. The lowest BCUT2D eigenvalue weighted by molar-refractivity contribution is -0.270. The van der Waals surface area contributed by atoms with E-state index in [0.29, 0.717) is 10.9 Å². The molecule has 2 atom stereocenters. The third kappa shape index (κ3) is 4.82. The molecule has 0 amide bonds. The smallest absolute Gasteiger partial charge is 0.422 e. The van der Waals surface area contributed by atoms with Crippen LogP contribution in [0.4, 0.5) is 17.6 Å². The predicted octanol–water partition coefficient (Wildman–Crippen LogP) is 5.60. The van der Waals surface area contributed by atoms with Crippen molar-refractivity contribution in [2.45, 2.75) is 37.1 Å². The van der Waals surface area contributed by atoms with Crippen molar-refractivity contribution < 1.29 is 36.9 Å². The van der Waals surface area contributed by atoms with Crippen LogP contribution in [-0.4, -0.2) is 55.5 Å². The third-order valence-electron chi connectivity index (χ3n) is 7.98. The number of hydrogen-bond donors (Lipinski definition) is 1. The van der Waals surface area contributed by atoms with E-state index in [1.807, 2.05) is 0 Å². The highest BCUT2D eigenvalue weighted by molar-refractivity contribution is 6.01. The first kappa shape index (κ1) is 29.2. The van der Waals surface area contributed by atoms with Gasteiger partial charge in [-0.2, -0.15) is 13.2 Å². The van der Waals surface area contributed by atoms with Crippen LogP contribution < -0.4 is 9.47 Å². The summed E-state index contributed by atoms with van der Waals surface area (Å²) in [5.41, 5.74) is -4.20. The van der Waals surface area contributed by atoms with Crippen molar-refractivity contribution >= 4 is 16.7 Å². The van der Waals surface area contributed by atoms with Gasteiger partial charge in [-0.3, -0.25) is 9.78 Å². The van der Waals surface area contributed by atoms with E-state index in [0.717, 1.165) is 18.2 Å². The van der Waals surface area contributed by atoms with Gasteiger partial charge < -0.3 is 19.1 Å². The molecule has 44 heavy (non-hydrogen) atoms. The molecule has 0 radical (unpaired) electrons. The first-order valence-corrected chi connectivity index (χ1v) is 13.5. The van der Waals surface area contributed by atoms with Crippen molar-refractivity contribution in [1.82, 2.24) is 24.7 Å². The highest BCUT2D eigenvalue weighted by atomic mass is 19.4. The largest absolute Gasteiger partial charge is 0.494 e. The fourth-order valence-electron chi connectivity index (χ4n) is 5.38. The van der Waals surface area contributed by atoms with Gasteiger partial charge in [0, 0.05) is 34.7 Å². The van der Waals surface area contributed by atoms with Crippen LogP contribution in [0, 0.1) is 5.82 Å². The fourth-order valence-corrected chi connectivity index (χ4v) is 5.38. The number of carbonyl (C=O) groups is 1. The zero-order chi connectivity index (χ0) is 31.3. The monoisotopic (exact) mass is 607 g/mol. The number of ketones is 1. The summed E-state index contributed by atoms with van der Waals surface area (Å²) in [4.78, 5) is 21.8. The molecule has 0 fully saturated rings. The first-order chi connectivity index (χ1) is 20.9. The molecule has 2 aromatic carbocycles. The summed E-state index contributed by atoms with van der Waals surface area (Å²) in [5, 5.41) is 19.6. The van der Waals surface area contributed by atoms with Crippen molar-refractivity contribution in [3.05, 3.63) is 96.1 Å². The lowest BCUT2D eigenvalue weighted by Crippen LogP contribution is -2.44. The number of ether oxygens (including phenoxy) is 2. The molecule has 0 bridgehead atoms. The van der Waals surface area contributed by atoms with Crippen LogP contribution in [0.5, 0.6) is 11.5 Å². The second-order valence-corrected chi connectivity index (χ2v) is 10.7. The van der Waals surface area contributed by atoms with E-state index in [2.05, 4.69) is 20.2 Å². The normalized spacial score (nSPS) is 17.6. The number of pyridine rings is 2. The Hall–Kier alpha value is -4.91. The van der Waals surface area contributed by atoms with E-state index in [-0.39, 0.29) is 40.5 Å². The van der Waals surface area contributed by atoms with Gasteiger partial charge in [0.05, 0.1) is 12.8 Å². The Morgan fingerprint density at radius 2 is 1.84 bits per heavy atom. The molecule has 1 N–H and O–H groups in total. The number of alkyl halides is 3. The van der Waals surface area contributed by atoms with Crippen LogP contribution in [0.1, 0.15) is 41.4 Å². The van der Waals surface area contributed by atoms with Gasteiger partial charge in [-0.15, -0.1) is 10.2 Å². The number of fused-ring (bicyclic) bond motifs is 2. The van der Waals surface area contributed by atoms with Gasteiger partial charge in [0.2, 0.25) is 5.60 Å². The molecular weight excluding hydrogens is 582 g/mol. The minimum Gasteiger partial charge on any atom is -0.494 e. The summed E-state index contributed by atoms with van der Waals surface area (Å²) in [6, 6.07) is 12.4. The maximum atomic E-state index is 14.8. The quantitative estimate of drug-likeness (QED) is 0.179. The summed E-state index contributed by atoms with van der Waals surface area (Å²) >= 11 is 0. The number of rotatable bonds is 8. The molecule has 13 heteroatoms. The Labute approximate surface area is 248 Å². The van der Waals surface area contributed by atoms with E-state index in [9.17, 15) is 27.5 Å². The molecule has 9 nitrogen and oxygen atoms in total. The highest BCUT2D eigenvalue weighted by Crippen LogP contribution is 2.49. The predicted molar refractivity (Wildman–Crippen MR) is 150 cm³/mol. The molecule has 4 heterocycles. The van der Waals surface area contributed by atoms with Crippen LogP contribution in [0.2, 0.25) is 0 Å². The Balaban J connectivity index is 1.44. The SMILES string of the molecule is COc1cc(C(=O)CC[C@](O)(c2cc3c(c(-c4ccc(F)cc4)n2)OC[C@]3(C)n2cnnc2)C(F)(F)F)cc2cccnc12. The van der Waals surface area contributed by atoms with Gasteiger partial charge in [-0.05, 0) is 61.9 Å². The molecule has 1 aliphatic rings. The summed E-state index contributed by atoms with van der Waals surface area (Å²) in [7, 11) is 1.40. The van der Waals surface area contributed by atoms with Gasteiger partial charge in [0.25, 0.3) is 0 Å². The number of aliphatic hydroxyl groups is 1. The molecule has 0 aliphatic carbocycles. The van der Waals surface area contributed by atoms with Crippen molar-refractivity contribution in [2.24, 2.45) is 0 Å². The minimum atomic E-state index is -5.23. The lowest BCUT2D eigenvalue weighted by atomic mass is 9.85. The van der Waals surface area contributed by atoms with Crippen LogP contribution >= 0.6 is 0 Å². The van der Waals surface area contributed by atoms with Crippen LogP contribution in [0.3, 0.4) is 0 Å². The highest BCUT2D eigenvalue weighted by Gasteiger charge is 2.57. The second-order valence-electron chi connectivity index (χ2n) is 10.7. The van der Waals surface area contributed by atoms with Crippen molar-refractivity contribution in [3.8, 4) is 22.8 Å². The summed E-state index contributed by atoms with van der Waals surface area (Å²) in [6.45, 7) is 1.72. The third-order valence-corrected chi connectivity index (χ3v) is 7.98. The van der Waals surface area contributed by atoms with E-state index in [1.165, 1.54) is 44.0 Å². The topological polar surface area (TPSA) is 112 Å². The molecule has 3 aromatic heterocycles. The maximum Gasteiger partial charge on any atom is 0.422 e. The van der Waals surface area contributed by atoms with E-state index in [4.69, 9.17) is 9.47 Å². The molecule has 0 saturated heterocycles. The molecule has 0 spiro atoms. The number of methoxy groups -OCH3 is 1. The zero-order valence-corrected chi connectivity index (χ0v) is 23.5.